The van der Waals surface area contributed by atoms with Gasteiger partial charge < -0.3 is 4.90 Å². The van der Waals surface area contributed by atoms with Crippen molar-refractivity contribution in [3.8, 4) is 0 Å². The molecule has 0 aliphatic carbocycles. The first-order chi connectivity index (χ1) is 10.9. The van der Waals surface area contributed by atoms with Crippen molar-refractivity contribution in [3.05, 3.63) is 59.7 Å². The highest BCUT2D eigenvalue weighted by atomic mass is 32.2. The molecule has 6 heteroatoms. The van der Waals surface area contributed by atoms with Crippen LogP contribution in [0.15, 0.2) is 48.5 Å². The standard InChI is InChI=1S/C17H18N2O3S/c1-12-11-13-7-3-6-10-16(13)19(12)17(20)14-8-4-5-9-15(14)18-23(2,21)22/h3-10,12,18H,11H2,1-2H3. The third kappa shape index (κ3) is 3.07. The molecule has 0 bridgehead atoms. The molecule has 1 heterocycles. The number of fused-ring (bicyclic) bond motifs is 1. The molecule has 3 rings (SSSR count). The summed E-state index contributed by atoms with van der Waals surface area (Å²) in [6.07, 6.45) is 1.87. The van der Waals surface area contributed by atoms with Gasteiger partial charge in [0.2, 0.25) is 10.0 Å². The van der Waals surface area contributed by atoms with E-state index < -0.39 is 10.0 Å². The molecule has 1 unspecified atom stereocenters. The lowest BCUT2D eigenvalue weighted by molar-refractivity contribution is 0.0982. The minimum absolute atomic E-state index is 0.0335. The zero-order chi connectivity index (χ0) is 16.6. The van der Waals surface area contributed by atoms with E-state index in [2.05, 4.69) is 4.72 Å². The summed E-state index contributed by atoms with van der Waals surface area (Å²) in [4.78, 5) is 14.8. The summed E-state index contributed by atoms with van der Waals surface area (Å²) in [5.41, 5.74) is 2.67. The van der Waals surface area contributed by atoms with Gasteiger partial charge in [0.05, 0.1) is 17.5 Å². The SMILES string of the molecule is CC1Cc2ccccc2N1C(=O)c1ccccc1NS(C)(=O)=O. The number of anilines is 2. The van der Waals surface area contributed by atoms with Crippen LogP contribution in [-0.2, 0) is 16.4 Å². The maximum Gasteiger partial charge on any atom is 0.260 e. The Morgan fingerprint density at radius 3 is 2.52 bits per heavy atom. The Balaban J connectivity index is 2.02. The number of hydrogen-bond donors (Lipinski definition) is 1. The smallest absolute Gasteiger partial charge is 0.260 e. The van der Waals surface area contributed by atoms with Crippen molar-refractivity contribution in [1.29, 1.82) is 0 Å². The second kappa shape index (κ2) is 5.70. The molecular weight excluding hydrogens is 312 g/mol. The highest BCUT2D eigenvalue weighted by Crippen LogP contribution is 2.34. The molecule has 1 atom stereocenters. The van der Waals surface area contributed by atoms with Gasteiger partial charge in [0.1, 0.15) is 0 Å². The highest BCUT2D eigenvalue weighted by molar-refractivity contribution is 7.92. The average Bonchev–Trinajstić information content (AvgIpc) is 2.81. The Labute approximate surface area is 136 Å². The minimum atomic E-state index is -3.45. The molecule has 1 aliphatic heterocycles. The van der Waals surface area contributed by atoms with E-state index in [1.807, 2.05) is 31.2 Å². The number of carbonyl (C=O) groups excluding carboxylic acids is 1. The minimum Gasteiger partial charge on any atom is -0.305 e. The average molecular weight is 330 g/mol. The molecule has 120 valence electrons. The highest BCUT2D eigenvalue weighted by Gasteiger charge is 2.32. The maximum atomic E-state index is 13.0. The molecule has 0 aromatic heterocycles. The van der Waals surface area contributed by atoms with Crippen LogP contribution >= 0.6 is 0 Å². The Morgan fingerprint density at radius 2 is 1.78 bits per heavy atom. The van der Waals surface area contributed by atoms with Crippen LogP contribution in [0.5, 0.6) is 0 Å². The summed E-state index contributed by atoms with van der Waals surface area (Å²) >= 11 is 0. The fraction of sp³-hybridized carbons (Fsp3) is 0.235. The monoisotopic (exact) mass is 330 g/mol. The lowest BCUT2D eigenvalue weighted by Crippen LogP contribution is -2.36. The largest absolute Gasteiger partial charge is 0.305 e. The summed E-state index contributed by atoms with van der Waals surface area (Å²) in [6, 6.07) is 14.5. The molecule has 1 N–H and O–H groups in total. The van der Waals surface area contributed by atoms with E-state index in [1.54, 1.807) is 29.2 Å². The van der Waals surface area contributed by atoms with Gasteiger partial charge in [0.25, 0.3) is 5.91 Å². The zero-order valence-corrected chi connectivity index (χ0v) is 13.8. The third-order valence-electron chi connectivity index (χ3n) is 3.88. The van der Waals surface area contributed by atoms with Crippen LogP contribution in [0.1, 0.15) is 22.8 Å². The van der Waals surface area contributed by atoms with Gasteiger partial charge in [-0.2, -0.15) is 0 Å². The van der Waals surface area contributed by atoms with Crippen LogP contribution in [0.25, 0.3) is 0 Å². The molecule has 0 fully saturated rings. The van der Waals surface area contributed by atoms with Crippen LogP contribution < -0.4 is 9.62 Å². The summed E-state index contributed by atoms with van der Waals surface area (Å²) in [5, 5.41) is 0. The number of carbonyl (C=O) groups is 1. The molecule has 23 heavy (non-hydrogen) atoms. The number of hydrogen-bond acceptors (Lipinski definition) is 3. The van der Waals surface area contributed by atoms with Crippen LogP contribution in [-0.4, -0.2) is 26.6 Å². The number of nitrogens with zero attached hydrogens (tertiary/aromatic N) is 1. The lowest BCUT2D eigenvalue weighted by Gasteiger charge is -2.24. The van der Waals surface area contributed by atoms with Gasteiger partial charge in [-0.1, -0.05) is 30.3 Å². The zero-order valence-electron chi connectivity index (χ0n) is 13.0. The Bertz CT molecular complexity index is 862. The van der Waals surface area contributed by atoms with E-state index in [0.29, 0.717) is 11.3 Å². The Morgan fingerprint density at radius 1 is 1.13 bits per heavy atom. The van der Waals surface area contributed by atoms with E-state index in [0.717, 1.165) is 23.9 Å². The fourth-order valence-electron chi connectivity index (χ4n) is 2.96. The summed E-state index contributed by atoms with van der Waals surface area (Å²) in [6.45, 7) is 1.99. The molecule has 1 aliphatic rings. The van der Waals surface area contributed by atoms with Gasteiger partial charge in [-0.3, -0.25) is 9.52 Å². The molecule has 2 aromatic carbocycles. The Hall–Kier alpha value is -2.34. The van der Waals surface area contributed by atoms with Crippen LogP contribution in [0, 0.1) is 0 Å². The van der Waals surface area contributed by atoms with E-state index >= 15 is 0 Å². The molecule has 1 amide bonds. The quantitative estimate of drug-likeness (QED) is 0.941. The van der Waals surface area contributed by atoms with Crippen LogP contribution in [0.4, 0.5) is 11.4 Å². The van der Waals surface area contributed by atoms with Gasteiger partial charge in [-0.25, -0.2) is 8.42 Å². The molecule has 5 nitrogen and oxygen atoms in total. The van der Waals surface area contributed by atoms with Gasteiger partial charge in [-0.15, -0.1) is 0 Å². The molecule has 2 aromatic rings. The van der Waals surface area contributed by atoms with E-state index in [9.17, 15) is 13.2 Å². The topological polar surface area (TPSA) is 66.5 Å². The van der Waals surface area contributed by atoms with Crippen molar-refractivity contribution >= 4 is 27.3 Å². The van der Waals surface area contributed by atoms with Crippen LogP contribution in [0.3, 0.4) is 0 Å². The first-order valence-electron chi connectivity index (χ1n) is 7.35. The number of benzene rings is 2. The molecule has 0 saturated heterocycles. The first kappa shape index (κ1) is 15.6. The normalized spacial score (nSPS) is 17.0. The molecular formula is C17H18N2O3S. The van der Waals surface area contributed by atoms with Gasteiger partial charge in [-0.05, 0) is 37.1 Å². The maximum absolute atomic E-state index is 13.0. The number of rotatable bonds is 3. The third-order valence-corrected chi connectivity index (χ3v) is 4.47. The molecule has 0 spiro atoms. The number of amides is 1. The molecule has 0 radical (unpaired) electrons. The number of sulfonamides is 1. The van der Waals surface area contributed by atoms with Crippen molar-refractivity contribution in [2.24, 2.45) is 0 Å². The summed E-state index contributed by atoms with van der Waals surface area (Å²) < 4.78 is 25.5. The predicted octanol–water partition coefficient (Wildman–Crippen LogP) is 2.65. The predicted molar refractivity (Wildman–Crippen MR) is 91.3 cm³/mol. The van der Waals surface area contributed by atoms with E-state index in [1.165, 1.54) is 0 Å². The summed E-state index contributed by atoms with van der Waals surface area (Å²) in [5.74, 6) is -0.200. The van der Waals surface area contributed by atoms with E-state index in [4.69, 9.17) is 0 Å². The van der Waals surface area contributed by atoms with Crippen molar-refractivity contribution < 1.29 is 13.2 Å². The second-order valence-corrected chi connectivity index (χ2v) is 7.53. The van der Waals surface area contributed by atoms with Gasteiger partial charge in [0, 0.05) is 11.7 Å². The second-order valence-electron chi connectivity index (χ2n) is 5.78. The molecule has 0 saturated carbocycles. The number of para-hydroxylation sites is 2. The van der Waals surface area contributed by atoms with Crippen molar-refractivity contribution in [2.45, 2.75) is 19.4 Å². The number of nitrogens with one attached hydrogen (secondary N) is 1. The lowest BCUT2D eigenvalue weighted by atomic mass is 10.1. The summed E-state index contributed by atoms with van der Waals surface area (Å²) in [7, 11) is -3.45. The van der Waals surface area contributed by atoms with Crippen molar-refractivity contribution in [3.63, 3.8) is 0 Å². The van der Waals surface area contributed by atoms with E-state index in [-0.39, 0.29) is 11.9 Å². The van der Waals surface area contributed by atoms with Gasteiger partial charge >= 0.3 is 0 Å². The fourth-order valence-corrected chi connectivity index (χ4v) is 3.54. The van der Waals surface area contributed by atoms with Crippen LogP contribution in [0.2, 0.25) is 0 Å². The first-order valence-corrected chi connectivity index (χ1v) is 9.24. The van der Waals surface area contributed by atoms with Crippen molar-refractivity contribution in [1.82, 2.24) is 0 Å². The van der Waals surface area contributed by atoms with Gasteiger partial charge in [0.15, 0.2) is 0 Å². The Kier molecular flexibility index (Phi) is 3.85. The van der Waals surface area contributed by atoms with Crippen molar-refractivity contribution in [2.75, 3.05) is 15.9 Å².